The van der Waals surface area contributed by atoms with Crippen LogP contribution < -0.4 is 0 Å². The summed E-state index contributed by atoms with van der Waals surface area (Å²) in [5, 5.41) is 0. The Morgan fingerprint density at radius 3 is 2.50 bits per heavy atom. The Labute approximate surface area is 132 Å². The number of ether oxygens (including phenoxy) is 1. The minimum Gasteiger partial charge on any atom is -0.489 e. The SMILES string of the molecule is C[SiH](C)OC(C1=C(Br)c2ccccc2CO1)C(C)(C)C. The second kappa shape index (κ2) is 6.04. The van der Waals surface area contributed by atoms with Crippen molar-refractivity contribution < 1.29 is 9.16 Å². The van der Waals surface area contributed by atoms with Gasteiger partial charge in [0.15, 0.2) is 9.04 Å². The monoisotopic (exact) mass is 354 g/mol. The van der Waals surface area contributed by atoms with Crippen molar-refractivity contribution >= 4 is 29.5 Å². The van der Waals surface area contributed by atoms with E-state index in [1.54, 1.807) is 0 Å². The molecule has 1 aromatic rings. The highest BCUT2D eigenvalue weighted by molar-refractivity contribution is 9.15. The van der Waals surface area contributed by atoms with E-state index in [0.29, 0.717) is 6.61 Å². The van der Waals surface area contributed by atoms with Gasteiger partial charge in [-0.3, -0.25) is 0 Å². The molecule has 0 saturated heterocycles. The van der Waals surface area contributed by atoms with E-state index >= 15 is 0 Å². The highest BCUT2D eigenvalue weighted by Crippen LogP contribution is 2.40. The number of hydrogen-bond donors (Lipinski definition) is 0. The average molecular weight is 355 g/mol. The Hall–Kier alpha value is -0.583. The van der Waals surface area contributed by atoms with Crippen molar-refractivity contribution in [1.82, 2.24) is 0 Å². The number of halogens is 1. The molecule has 110 valence electrons. The molecule has 1 aliphatic heterocycles. The van der Waals surface area contributed by atoms with Crippen molar-refractivity contribution in [3.63, 3.8) is 0 Å². The van der Waals surface area contributed by atoms with Crippen molar-refractivity contribution in [2.75, 3.05) is 0 Å². The van der Waals surface area contributed by atoms with Crippen LogP contribution in [0.25, 0.3) is 4.48 Å². The minimum atomic E-state index is -1.15. The lowest BCUT2D eigenvalue weighted by molar-refractivity contribution is 0.0441. The molecule has 4 heteroatoms. The van der Waals surface area contributed by atoms with Gasteiger partial charge in [0.05, 0.1) is 4.48 Å². The van der Waals surface area contributed by atoms with E-state index in [2.05, 4.69) is 68.0 Å². The molecule has 0 amide bonds. The first-order chi connectivity index (χ1) is 9.30. The lowest BCUT2D eigenvalue weighted by atomic mass is 9.86. The van der Waals surface area contributed by atoms with E-state index in [9.17, 15) is 0 Å². The van der Waals surface area contributed by atoms with E-state index in [-0.39, 0.29) is 11.5 Å². The fourth-order valence-electron chi connectivity index (χ4n) is 2.33. The molecule has 1 aromatic carbocycles. The van der Waals surface area contributed by atoms with Gasteiger partial charge in [-0.15, -0.1) is 0 Å². The molecule has 0 radical (unpaired) electrons. The zero-order valence-electron chi connectivity index (χ0n) is 12.9. The first-order valence-electron chi connectivity index (χ1n) is 7.07. The second-order valence-electron chi connectivity index (χ2n) is 6.55. The topological polar surface area (TPSA) is 18.5 Å². The summed E-state index contributed by atoms with van der Waals surface area (Å²) in [6.45, 7) is 11.6. The summed E-state index contributed by atoms with van der Waals surface area (Å²) < 4.78 is 13.3. The van der Waals surface area contributed by atoms with Crippen molar-refractivity contribution in [1.29, 1.82) is 0 Å². The van der Waals surface area contributed by atoms with E-state index in [4.69, 9.17) is 9.16 Å². The standard InChI is InChI=1S/C16H23BrO2Si/c1-16(2,3)15(19-20(4)5)14-13(17)12-9-7-6-8-11(12)10-18-14/h6-9,15,20H,10H2,1-5H3. The highest BCUT2D eigenvalue weighted by atomic mass is 79.9. The lowest BCUT2D eigenvalue weighted by Gasteiger charge is -2.36. The third-order valence-corrected chi connectivity index (χ3v) is 4.92. The quantitative estimate of drug-likeness (QED) is 0.732. The van der Waals surface area contributed by atoms with Gasteiger partial charge in [0.2, 0.25) is 0 Å². The molecule has 1 unspecified atom stereocenters. The zero-order valence-corrected chi connectivity index (χ0v) is 15.6. The summed E-state index contributed by atoms with van der Waals surface area (Å²) in [4.78, 5) is 0. The van der Waals surface area contributed by atoms with Crippen LogP contribution >= 0.6 is 15.9 Å². The van der Waals surface area contributed by atoms with Gasteiger partial charge in [-0.05, 0) is 45.6 Å². The number of fused-ring (bicyclic) bond motifs is 1. The van der Waals surface area contributed by atoms with Gasteiger partial charge in [0.1, 0.15) is 18.5 Å². The Morgan fingerprint density at radius 2 is 1.90 bits per heavy atom. The van der Waals surface area contributed by atoms with E-state index in [1.165, 1.54) is 11.1 Å². The van der Waals surface area contributed by atoms with Crippen LogP contribution in [-0.2, 0) is 15.8 Å². The fourth-order valence-corrected chi connectivity index (χ4v) is 4.12. The molecule has 0 saturated carbocycles. The van der Waals surface area contributed by atoms with Gasteiger partial charge in [-0.1, -0.05) is 45.0 Å². The molecule has 0 fully saturated rings. The van der Waals surface area contributed by atoms with Crippen LogP contribution in [0.4, 0.5) is 0 Å². The van der Waals surface area contributed by atoms with Crippen molar-refractivity contribution in [3.8, 4) is 0 Å². The van der Waals surface area contributed by atoms with Crippen LogP contribution in [0.1, 0.15) is 31.9 Å². The van der Waals surface area contributed by atoms with E-state index in [1.807, 2.05) is 6.07 Å². The molecule has 0 bridgehead atoms. The maximum Gasteiger partial charge on any atom is 0.172 e. The normalized spacial score (nSPS) is 16.9. The van der Waals surface area contributed by atoms with Gasteiger partial charge in [-0.25, -0.2) is 0 Å². The largest absolute Gasteiger partial charge is 0.489 e. The zero-order chi connectivity index (χ0) is 14.9. The van der Waals surface area contributed by atoms with E-state index in [0.717, 1.165) is 10.2 Å². The van der Waals surface area contributed by atoms with Crippen LogP contribution in [0.2, 0.25) is 13.1 Å². The summed E-state index contributed by atoms with van der Waals surface area (Å²) in [5.74, 6) is 0.942. The van der Waals surface area contributed by atoms with Gasteiger partial charge in [0, 0.05) is 0 Å². The first-order valence-corrected chi connectivity index (χ1v) is 10.6. The van der Waals surface area contributed by atoms with Crippen molar-refractivity contribution in [2.24, 2.45) is 5.41 Å². The van der Waals surface area contributed by atoms with Crippen molar-refractivity contribution in [3.05, 3.63) is 41.2 Å². The van der Waals surface area contributed by atoms with Crippen molar-refractivity contribution in [2.45, 2.75) is 46.6 Å². The molecule has 2 rings (SSSR count). The Morgan fingerprint density at radius 1 is 1.25 bits per heavy atom. The number of benzene rings is 1. The molecule has 20 heavy (non-hydrogen) atoms. The molecule has 1 atom stereocenters. The summed E-state index contributed by atoms with van der Waals surface area (Å²) in [6, 6.07) is 8.35. The number of rotatable bonds is 3. The molecule has 0 N–H and O–H groups in total. The highest BCUT2D eigenvalue weighted by Gasteiger charge is 2.35. The molecule has 0 aliphatic carbocycles. The minimum absolute atomic E-state index is 0.00287. The third kappa shape index (κ3) is 3.35. The van der Waals surface area contributed by atoms with Gasteiger partial charge in [0.25, 0.3) is 0 Å². The molecule has 0 aromatic heterocycles. The van der Waals surface area contributed by atoms with E-state index < -0.39 is 9.04 Å². The third-order valence-electron chi connectivity index (χ3n) is 3.29. The summed E-state index contributed by atoms with van der Waals surface area (Å²) in [5.41, 5.74) is 2.45. The van der Waals surface area contributed by atoms with Gasteiger partial charge >= 0.3 is 0 Å². The molecule has 2 nitrogen and oxygen atoms in total. The van der Waals surface area contributed by atoms with Crippen LogP contribution in [0.5, 0.6) is 0 Å². The smallest absolute Gasteiger partial charge is 0.172 e. The molecular formula is C16H23BrO2Si. The van der Waals surface area contributed by atoms with Crippen LogP contribution in [0.15, 0.2) is 30.0 Å². The molecule has 1 heterocycles. The number of hydrogen-bond acceptors (Lipinski definition) is 2. The summed E-state index contributed by atoms with van der Waals surface area (Å²) >= 11 is 3.73. The van der Waals surface area contributed by atoms with Crippen LogP contribution in [-0.4, -0.2) is 15.1 Å². The summed E-state index contributed by atoms with van der Waals surface area (Å²) in [7, 11) is -1.15. The average Bonchev–Trinajstić information content (AvgIpc) is 2.36. The Bertz CT molecular complexity index is 517. The summed E-state index contributed by atoms with van der Waals surface area (Å²) in [6.07, 6.45) is -0.00287. The Kier molecular flexibility index (Phi) is 4.77. The second-order valence-corrected chi connectivity index (χ2v) is 9.72. The van der Waals surface area contributed by atoms with Gasteiger partial charge < -0.3 is 9.16 Å². The maximum absolute atomic E-state index is 6.27. The van der Waals surface area contributed by atoms with Crippen LogP contribution in [0, 0.1) is 5.41 Å². The van der Waals surface area contributed by atoms with Crippen LogP contribution in [0.3, 0.4) is 0 Å². The predicted molar refractivity (Wildman–Crippen MR) is 90.3 cm³/mol. The Balaban J connectivity index is 2.44. The predicted octanol–water partition coefficient (Wildman–Crippen LogP) is 4.70. The molecule has 1 aliphatic rings. The fraction of sp³-hybridized carbons (Fsp3) is 0.500. The van der Waals surface area contributed by atoms with Gasteiger partial charge in [-0.2, -0.15) is 0 Å². The first kappa shape index (κ1) is 15.8. The molecular weight excluding hydrogens is 332 g/mol. The maximum atomic E-state index is 6.27. The molecule has 0 spiro atoms. The lowest BCUT2D eigenvalue weighted by Crippen LogP contribution is -2.36.